The fourth-order valence-corrected chi connectivity index (χ4v) is 2.22. The number of ether oxygens (including phenoxy) is 3. The van der Waals surface area contributed by atoms with Crippen LogP contribution in [-0.4, -0.2) is 32.3 Å². The number of nitrogens with one attached hydrogen (secondary N) is 1. The molecule has 0 aromatic heterocycles. The van der Waals surface area contributed by atoms with Crippen LogP contribution in [0.4, 0.5) is 0 Å². The number of methoxy groups -OCH3 is 1. The van der Waals surface area contributed by atoms with E-state index in [0.29, 0.717) is 24.7 Å². The first-order valence-corrected chi connectivity index (χ1v) is 8.28. The molecule has 2 aromatic carbocycles. The minimum Gasteiger partial charge on any atom is -0.497 e. The zero-order valence-corrected chi connectivity index (χ0v) is 15.2. The van der Waals surface area contributed by atoms with Gasteiger partial charge in [-0.3, -0.25) is 4.79 Å². The number of carbonyl (C=O) groups is 1. The largest absolute Gasteiger partial charge is 0.497 e. The van der Waals surface area contributed by atoms with Crippen molar-refractivity contribution in [3.8, 4) is 17.2 Å². The van der Waals surface area contributed by atoms with Gasteiger partial charge in [-0.15, -0.1) is 0 Å². The van der Waals surface area contributed by atoms with Crippen LogP contribution >= 0.6 is 0 Å². The molecule has 1 unspecified atom stereocenters. The Morgan fingerprint density at radius 1 is 1.04 bits per heavy atom. The van der Waals surface area contributed by atoms with Crippen LogP contribution in [0.15, 0.2) is 42.5 Å². The van der Waals surface area contributed by atoms with Crippen LogP contribution in [0.1, 0.15) is 18.1 Å². The van der Waals surface area contributed by atoms with Gasteiger partial charge in [-0.05, 0) is 56.2 Å². The van der Waals surface area contributed by atoms with E-state index in [1.54, 1.807) is 20.1 Å². The van der Waals surface area contributed by atoms with Crippen LogP contribution in [0.2, 0.25) is 0 Å². The Bertz CT molecular complexity index is 715. The van der Waals surface area contributed by atoms with E-state index >= 15 is 0 Å². The summed E-state index contributed by atoms with van der Waals surface area (Å²) in [6.45, 7) is 6.56. The second-order valence-electron chi connectivity index (χ2n) is 5.82. The standard InChI is InChI=1S/C20H25NO4/c1-14-8-9-19(12-15(14)2)25-16(3)20(22)21-10-11-24-18-7-5-6-17(13-18)23-4/h5-9,12-13,16H,10-11H2,1-4H3,(H,21,22). The van der Waals surface area contributed by atoms with E-state index in [-0.39, 0.29) is 5.91 Å². The molecule has 1 amide bonds. The number of rotatable bonds is 8. The quantitative estimate of drug-likeness (QED) is 0.748. The second kappa shape index (κ2) is 8.97. The lowest BCUT2D eigenvalue weighted by Gasteiger charge is -2.16. The van der Waals surface area contributed by atoms with E-state index in [4.69, 9.17) is 14.2 Å². The highest BCUT2D eigenvalue weighted by molar-refractivity contribution is 5.80. The maximum Gasteiger partial charge on any atom is 0.260 e. The van der Waals surface area contributed by atoms with Gasteiger partial charge in [0.2, 0.25) is 0 Å². The maximum atomic E-state index is 12.1. The molecule has 1 atom stereocenters. The Balaban J connectivity index is 1.74. The smallest absolute Gasteiger partial charge is 0.260 e. The van der Waals surface area contributed by atoms with E-state index < -0.39 is 6.10 Å². The first kappa shape index (κ1) is 18.6. The van der Waals surface area contributed by atoms with Crippen LogP contribution in [0, 0.1) is 13.8 Å². The van der Waals surface area contributed by atoms with Gasteiger partial charge in [0.05, 0.1) is 13.7 Å². The zero-order chi connectivity index (χ0) is 18.2. The number of carbonyl (C=O) groups excluding carboxylic acids is 1. The summed E-state index contributed by atoms with van der Waals surface area (Å²) in [5.41, 5.74) is 2.33. The summed E-state index contributed by atoms with van der Waals surface area (Å²) in [4.78, 5) is 12.1. The third-order valence-corrected chi connectivity index (χ3v) is 3.87. The van der Waals surface area contributed by atoms with Crippen molar-refractivity contribution in [1.29, 1.82) is 0 Å². The van der Waals surface area contributed by atoms with Gasteiger partial charge >= 0.3 is 0 Å². The van der Waals surface area contributed by atoms with Crippen molar-refractivity contribution in [3.63, 3.8) is 0 Å². The molecule has 0 aliphatic heterocycles. The predicted octanol–water partition coefficient (Wildman–Crippen LogP) is 3.27. The van der Waals surface area contributed by atoms with Crippen molar-refractivity contribution in [2.45, 2.75) is 26.9 Å². The predicted molar refractivity (Wildman–Crippen MR) is 97.5 cm³/mol. The van der Waals surface area contributed by atoms with Gasteiger partial charge < -0.3 is 19.5 Å². The molecule has 0 saturated carbocycles. The van der Waals surface area contributed by atoms with Crippen molar-refractivity contribution in [2.24, 2.45) is 0 Å². The van der Waals surface area contributed by atoms with E-state index in [2.05, 4.69) is 5.32 Å². The number of aryl methyl sites for hydroxylation is 2. The number of benzene rings is 2. The molecule has 0 heterocycles. The topological polar surface area (TPSA) is 56.8 Å². The van der Waals surface area contributed by atoms with Crippen molar-refractivity contribution in [1.82, 2.24) is 5.32 Å². The minimum atomic E-state index is -0.570. The molecular formula is C20H25NO4. The van der Waals surface area contributed by atoms with Crippen molar-refractivity contribution >= 4 is 5.91 Å². The fraction of sp³-hybridized carbons (Fsp3) is 0.350. The van der Waals surface area contributed by atoms with E-state index in [1.165, 1.54) is 5.56 Å². The summed E-state index contributed by atoms with van der Waals surface area (Å²) in [6, 6.07) is 13.1. The van der Waals surface area contributed by atoms with Crippen LogP contribution in [0.5, 0.6) is 17.2 Å². The summed E-state index contributed by atoms with van der Waals surface area (Å²) >= 11 is 0. The van der Waals surface area contributed by atoms with Gasteiger partial charge in [-0.1, -0.05) is 12.1 Å². The molecule has 1 N–H and O–H groups in total. The molecule has 2 rings (SSSR count). The first-order chi connectivity index (χ1) is 12.0. The number of amides is 1. The maximum absolute atomic E-state index is 12.1. The van der Waals surface area contributed by atoms with E-state index in [0.717, 1.165) is 11.3 Å². The molecule has 0 saturated heterocycles. The molecule has 0 fully saturated rings. The summed E-state index contributed by atoms with van der Waals surface area (Å²) in [5.74, 6) is 1.95. The third-order valence-electron chi connectivity index (χ3n) is 3.87. The number of hydrogen-bond donors (Lipinski definition) is 1. The highest BCUT2D eigenvalue weighted by Crippen LogP contribution is 2.19. The van der Waals surface area contributed by atoms with Gasteiger partial charge in [-0.25, -0.2) is 0 Å². The molecular weight excluding hydrogens is 318 g/mol. The molecule has 134 valence electrons. The molecule has 5 heteroatoms. The fourth-order valence-electron chi connectivity index (χ4n) is 2.22. The molecule has 5 nitrogen and oxygen atoms in total. The lowest BCUT2D eigenvalue weighted by Crippen LogP contribution is -2.38. The summed E-state index contributed by atoms with van der Waals surface area (Å²) in [6.07, 6.45) is -0.570. The minimum absolute atomic E-state index is 0.174. The Hall–Kier alpha value is -2.69. The zero-order valence-electron chi connectivity index (χ0n) is 15.2. The average Bonchev–Trinajstić information content (AvgIpc) is 2.61. The van der Waals surface area contributed by atoms with Gasteiger partial charge in [-0.2, -0.15) is 0 Å². The summed E-state index contributed by atoms with van der Waals surface area (Å²) in [7, 11) is 1.61. The second-order valence-corrected chi connectivity index (χ2v) is 5.82. The summed E-state index contributed by atoms with van der Waals surface area (Å²) < 4.78 is 16.4. The van der Waals surface area contributed by atoms with E-state index in [1.807, 2.05) is 50.2 Å². The summed E-state index contributed by atoms with van der Waals surface area (Å²) in [5, 5.41) is 2.81. The molecule has 0 radical (unpaired) electrons. The third kappa shape index (κ3) is 5.71. The molecule has 0 aliphatic rings. The van der Waals surface area contributed by atoms with Gasteiger partial charge in [0.15, 0.2) is 6.10 Å². The Morgan fingerprint density at radius 2 is 1.80 bits per heavy atom. The molecule has 0 bridgehead atoms. The van der Waals surface area contributed by atoms with Crippen LogP contribution in [-0.2, 0) is 4.79 Å². The normalized spacial score (nSPS) is 11.5. The Labute approximate surface area is 148 Å². The highest BCUT2D eigenvalue weighted by atomic mass is 16.5. The van der Waals surface area contributed by atoms with Crippen LogP contribution in [0.3, 0.4) is 0 Å². The van der Waals surface area contributed by atoms with Gasteiger partial charge in [0.1, 0.15) is 23.9 Å². The molecule has 25 heavy (non-hydrogen) atoms. The van der Waals surface area contributed by atoms with Gasteiger partial charge in [0, 0.05) is 6.07 Å². The average molecular weight is 343 g/mol. The lowest BCUT2D eigenvalue weighted by molar-refractivity contribution is -0.127. The Morgan fingerprint density at radius 3 is 2.52 bits per heavy atom. The number of hydrogen-bond acceptors (Lipinski definition) is 4. The molecule has 2 aromatic rings. The van der Waals surface area contributed by atoms with Gasteiger partial charge in [0.25, 0.3) is 5.91 Å². The first-order valence-electron chi connectivity index (χ1n) is 8.28. The van der Waals surface area contributed by atoms with E-state index in [9.17, 15) is 4.79 Å². The monoisotopic (exact) mass is 343 g/mol. The van der Waals surface area contributed by atoms with Crippen LogP contribution < -0.4 is 19.5 Å². The molecule has 0 aliphatic carbocycles. The highest BCUT2D eigenvalue weighted by Gasteiger charge is 2.14. The van der Waals surface area contributed by atoms with Crippen molar-refractivity contribution in [3.05, 3.63) is 53.6 Å². The Kier molecular flexibility index (Phi) is 6.69. The lowest BCUT2D eigenvalue weighted by atomic mass is 10.1. The van der Waals surface area contributed by atoms with Crippen molar-refractivity contribution < 1.29 is 19.0 Å². The molecule has 0 spiro atoms. The van der Waals surface area contributed by atoms with Crippen LogP contribution in [0.25, 0.3) is 0 Å². The SMILES string of the molecule is COc1cccc(OCCNC(=O)C(C)Oc2ccc(C)c(C)c2)c1. The van der Waals surface area contributed by atoms with Crippen molar-refractivity contribution in [2.75, 3.05) is 20.3 Å².